The van der Waals surface area contributed by atoms with Gasteiger partial charge in [-0.2, -0.15) is 0 Å². The molecule has 0 aromatic heterocycles. The molecule has 0 saturated carbocycles. The zero-order chi connectivity index (χ0) is 43.3. The smallest absolute Gasteiger partial charge is 0.311 e. The number of carboxylic acids is 1. The van der Waals surface area contributed by atoms with E-state index in [0.717, 1.165) is 0 Å². The van der Waals surface area contributed by atoms with Gasteiger partial charge in [0.25, 0.3) is 0 Å². The minimum absolute atomic E-state index is 0.0791. The Balaban J connectivity index is 2.19. The summed E-state index contributed by atoms with van der Waals surface area (Å²) in [5.41, 5.74) is -2.91. The maximum atomic E-state index is 14.2. The van der Waals surface area contributed by atoms with Gasteiger partial charge in [-0.15, -0.1) is 0 Å². The number of aliphatic hydroxyl groups excluding tert-OH is 2. The highest BCUT2D eigenvalue weighted by Gasteiger charge is 2.52. The molecule has 330 valence electrons. The normalized spacial score (nSPS) is 44.2. The Kier molecular flexibility index (Phi) is 17.5. The molecule has 0 spiro atoms. The molecule has 4 N–H and O–H groups in total. The van der Waals surface area contributed by atoms with E-state index in [1.807, 2.05) is 32.8 Å². The summed E-state index contributed by atoms with van der Waals surface area (Å²) in [6.45, 7) is 17.0. The molecule has 57 heavy (non-hydrogen) atoms. The summed E-state index contributed by atoms with van der Waals surface area (Å²) in [6, 6.07) is -0.231. The van der Waals surface area contributed by atoms with Crippen LogP contribution in [0.3, 0.4) is 0 Å². The number of aliphatic hydroxyl groups is 3. The number of aliphatic carboxylic acids is 1. The Bertz CT molecular complexity index is 1360. The third kappa shape index (κ3) is 11.9. The van der Waals surface area contributed by atoms with Crippen molar-refractivity contribution in [3.63, 3.8) is 0 Å². The lowest BCUT2D eigenvalue weighted by Gasteiger charge is -2.49. The van der Waals surface area contributed by atoms with Crippen LogP contribution in [0, 0.1) is 29.6 Å². The largest absolute Gasteiger partial charge is 0.481 e. The van der Waals surface area contributed by atoms with Crippen LogP contribution in [0.15, 0.2) is 0 Å². The number of methoxy groups -OCH3 is 1. The second-order valence-electron chi connectivity index (χ2n) is 17.5. The number of carboxylic acid groups (broad SMARTS) is 1. The quantitative estimate of drug-likeness (QED) is 0.220. The van der Waals surface area contributed by atoms with Crippen molar-refractivity contribution in [1.29, 1.82) is 0 Å². The lowest BCUT2D eigenvalue weighted by atomic mass is 9.74. The number of likely N-dealkylation sites (N-methyl/N-ethyl adjacent to an activating group) is 1. The fraction of sp³-hybridized carbons (Fsp3) is 0.902. The van der Waals surface area contributed by atoms with E-state index in [9.17, 15) is 39.6 Å². The number of Topliss-reactive ketones (excluding diaryl/α,β-unsaturated/α-hetero) is 1. The molecule has 3 aliphatic heterocycles. The predicted molar refractivity (Wildman–Crippen MR) is 206 cm³/mol. The highest BCUT2D eigenvalue weighted by atomic mass is 16.7. The van der Waals surface area contributed by atoms with Gasteiger partial charge in [0.2, 0.25) is 0 Å². The fourth-order valence-electron chi connectivity index (χ4n) is 8.92. The molecule has 0 amide bonds. The van der Waals surface area contributed by atoms with Crippen molar-refractivity contribution in [2.75, 3.05) is 21.2 Å². The molecule has 3 heterocycles. The molecule has 3 fully saturated rings. The Hall–Kier alpha value is -2.28. The molecule has 16 nitrogen and oxygen atoms in total. The maximum absolute atomic E-state index is 14.2. The van der Waals surface area contributed by atoms with Gasteiger partial charge in [-0.25, -0.2) is 0 Å². The van der Waals surface area contributed by atoms with E-state index >= 15 is 0 Å². The Morgan fingerprint density at radius 3 is 2.09 bits per heavy atom. The average molecular weight is 818 g/mol. The monoisotopic (exact) mass is 817 g/mol. The summed E-state index contributed by atoms with van der Waals surface area (Å²) < 4.78 is 43.6. The molecule has 18 atom stereocenters. The maximum Gasteiger partial charge on any atom is 0.311 e. The second kappa shape index (κ2) is 20.3. The third-order valence-corrected chi connectivity index (χ3v) is 12.7. The molecule has 0 unspecified atom stereocenters. The number of carbonyl (C=O) groups is 4. The zero-order valence-corrected chi connectivity index (χ0v) is 36.2. The molecule has 16 heteroatoms. The van der Waals surface area contributed by atoms with Gasteiger partial charge in [0.15, 0.2) is 18.7 Å². The van der Waals surface area contributed by atoms with Gasteiger partial charge >= 0.3 is 17.9 Å². The van der Waals surface area contributed by atoms with Crippen molar-refractivity contribution < 1.29 is 72.8 Å². The van der Waals surface area contributed by atoms with Crippen molar-refractivity contribution in [3.05, 3.63) is 0 Å². The van der Waals surface area contributed by atoms with E-state index in [2.05, 4.69) is 0 Å². The first kappa shape index (κ1) is 49.1. The van der Waals surface area contributed by atoms with E-state index in [1.165, 1.54) is 14.0 Å². The predicted octanol–water partition coefficient (Wildman–Crippen LogP) is 3.09. The number of cyclic esters (lactones) is 1. The van der Waals surface area contributed by atoms with Crippen LogP contribution in [0.2, 0.25) is 0 Å². The highest BCUT2D eigenvalue weighted by Crippen LogP contribution is 2.40. The molecule has 0 aliphatic carbocycles. The van der Waals surface area contributed by atoms with Gasteiger partial charge < -0.3 is 58.5 Å². The minimum Gasteiger partial charge on any atom is -0.481 e. The first-order valence-electron chi connectivity index (χ1n) is 20.5. The third-order valence-electron chi connectivity index (χ3n) is 12.7. The van der Waals surface area contributed by atoms with Crippen LogP contribution in [-0.2, 0) is 52.3 Å². The fourth-order valence-corrected chi connectivity index (χ4v) is 8.92. The van der Waals surface area contributed by atoms with Crippen LogP contribution in [0.25, 0.3) is 0 Å². The number of ketones is 1. The van der Waals surface area contributed by atoms with Gasteiger partial charge in [-0.3, -0.25) is 19.2 Å². The number of esters is 2. The van der Waals surface area contributed by atoms with E-state index in [-0.39, 0.29) is 37.5 Å². The van der Waals surface area contributed by atoms with Crippen LogP contribution in [0.5, 0.6) is 0 Å². The molecular formula is C41H71NO15. The van der Waals surface area contributed by atoms with Crippen LogP contribution in [0.4, 0.5) is 0 Å². The van der Waals surface area contributed by atoms with Crippen LogP contribution in [0.1, 0.15) is 108 Å². The number of carbonyl (C=O) groups excluding carboxylic acids is 3. The minimum atomic E-state index is -1.84. The Labute approximate surface area is 338 Å². The SMILES string of the molecule is CC[C@H]1OC(=O)[C@H](C)[C@@H](O[C@H]2C[C@](C)(OC)[C@H](O)[C@@H](C)O2)[C@H](C)[C@@H](O[C@@H]2O[C@@H](C)[C@@H](N(C)C)C[C@@H]2OC(=O)CCC(=O)O)[C@](C)(O)C[C@@H](C)C(=O)[C@H](C)[C@@H](O)[C@H]1C. The summed E-state index contributed by atoms with van der Waals surface area (Å²) in [5.74, 6) is -7.04. The topological polar surface area (TPSA) is 217 Å². The van der Waals surface area contributed by atoms with Crippen molar-refractivity contribution in [2.45, 2.75) is 186 Å². The van der Waals surface area contributed by atoms with Gasteiger partial charge in [-0.1, -0.05) is 34.6 Å². The number of hydrogen-bond donors (Lipinski definition) is 4. The summed E-state index contributed by atoms with van der Waals surface area (Å²) >= 11 is 0. The molecule has 3 aliphatic rings. The summed E-state index contributed by atoms with van der Waals surface area (Å²) in [6.07, 6.45) is -10.0. The standard InChI is InChI=1S/C41H71NO15/c1-14-28-21(3)34(47)22(4)33(46)20(2)18-40(9,50)37(57-39-29(54-31(45)16-15-30(43)44)17-27(42(11)12)25(7)53-39)23(5)35(24(6)38(49)55-28)56-32-19-41(10,51-13)36(48)26(8)52-32/h20-29,32,34-37,39,47-48,50H,14-19H2,1-13H3,(H,43,44)/t20-,21+,22+,23+,24-,25+,26-,27+,28-,29+,32+,34+,35+,36-,37-,39+,40-,41+/m1/s1. The van der Waals surface area contributed by atoms with E-state index in [0.29, 0.717) is 6.42 Å². The van der Waals surface area contributed by atoms with Crippen molar-refractivity contribution in [3.8, 4) is 0 Å². The van der Waals surface area contributed by atoms with E-state index in [1.54, 1.807) is 48.5 Å². The van der Waals surface area contributed by atoms with Gasteiger partial charge in [0.1, 0.15) is 18.0 Å². The van der Waals surface area contributed by atoms with E-state index in [4.69, 9.17) is 33.2 Å². The average Bonchev–Trinajstić information content (AvgIpc) is 3.14. The van der Waals surface area contributed by atoms with Crippen LogP contribution >= 0.6 is 0 Å². The van der Waals surface area contributed by atoms with E-state index < -0.39 is 127 Å². The molecule has 3 saturated heterocycles. The number of rotatable bonds is 11. The lowest BCUT2D eigenvalue weighted by molar-refractivity contribution is -0.318. The molecule has 0 aromatic carbocycles. The summed E-state index contributed by atoms with van der Waals surface area (Å²) in [7, 11) is 5.18. The number of hydrogen-bond acceptors (Lipinski definition) is 15. The second-order valence-corrected chi connectivity index (χ2v) is 17.5. The molecule has 0 bridgehead atoms. The number of ether oxygens (including phenoxy) is 7. The molecular weight excluding hydrogens is 746 g/mol. The van der Waals surface area contributed by atoms with Gasteiger partial charge in [0, 0.05) is 49.7 Å². The highest BCUT2D eigenvalue weighted by molar-refractivity contribution is 5.83. The van der Waals surface area contributed by atoms with Crippen LogP contribution in [-0.4, -0.2) is 149 Å². The molecule has 3 rings (SSSR count). The van der Waals surface area contributed by atoms with Crippen molar-refractivity contribution in [2.24, 2.45) is 29.6 Å². The number of nitrogens with zero attached hydrogens (tertiary/aromatic N) is 1. The van der Waals surface area contributed by atoms with Crippen molar-refractivity contribution in [1.82, 2.24) is 4.90 Å². The first-order valence-corrected chi connectivity index (χ1v) is 20.5. The Morgan fingerprint density at radius 1 is 0.895 bits per heavy atom. The first-order chi connectivity index (χ1) is 26.4. The van der Waals surface area contributed by atoms with Gasteiger partial charge in [-0.05, 0) is 61.6 Å². The molecule has 0 aromatic rings. The summed E-state index contributed by atoms with van der Waals surface area (Å²) in [5, 5.41) is 44.1. The molecule has 0 radical (unpaired) electrons. The lowest BCUT2D eigenvalue weighted by Crippen LogP contribution is -2.60. The summed E-state index contributed by atoms with van der Waals surface area (Å²) in [4.78, 5) is 54.3. The van der Waals surface area contributed by atoms with Gasteiger partial charge in [0.05, 0.1) is 60.5 Å². The Morgan fingerprint density at radius 2 is 1.53 bits per heavy atom. The van der Waals surface area contributed by atoms with Crippen molar-refractivity contribution >= 4 is 23.7 Å². The zero-order valence-electron chi connectivity index (χ0n) is 36.2. The van der Waals surface area contributed by atoms with Crippen LogP contribution < -0.4 is 0 Å².